The molecular weight excluding hydrogens is 315 g/mol. The minimum Gasteiger partial charge on any atom is -0.493 e. The van der Waals surface area contributed by atoms with Crippen LogP contribution in [-0.4, -0.2) is 37.1 Å². The molecule has 8 heteroatoms. The van der Waals surface area contributed by atoms with Crippen molar-refractivity contribution in [3.63, 3.8) is 0 Å². The SMILES string of the molecule is C[C@H](NC(=O)C(F)(F)F)C(=O)c1c2c(cc3c1OCC3)OCC2. The van der Waals surface area contributed by atoms with Gasteiger partial charge < -0.3 is 14.8 Å². The zero-order valence-corrected chi connectivity index (χ0v) is 12.3. The van der Waals surface area contributed by atoms with E-state index in [4.69, 9.17) is 9.47 Å². The van der Waals surface area contributed by atoms with Crippen molar-refractivity contribution in [2.75, 3.05) is 13.2 Å². The van der Waals surface area contributed by atoms with Crippen LogP contribution in [0.2, 0.25) is 0 Å². The molecule has 5 nitrogen and oxygen atoms in total. The number of halogens is 3. The number of fused-ring (bicyclic) bond motifs is 2. The third-order valence-corrected chi connectivity index (χ3v) is 3.90. The highest BCUT2D eigenvalue weighted by Gasteiger charge is 2.41. The highest BCUT2D eigenvalue weighted by molar-refractivity contribution is 6.06. The molecule has 2 heterocycles. The Morgan fingerprint density at radius 3 is 2.61 bits per heavy atom. The first-order valence-electron chi connectivity index (χ1n) is 7.15. The number of hydrogen-bond donors (Lipinski definition) is 1. The maximum absolute atomic E-state index is 12.6. The van der Waals surface area contributed by atoms with E-state index in [0.29, 0.717) is 43.1 Å². The number of amides is 1. The molecule has 1 aromatic carbocycles. The van der Waals surface area contributed by atoms with Gasteiger partial charge >= 0.3 is 12.1 Å². The van der Waals surface area contributed by atoms with Crippen LogP contribution in [-0.2, 0) is 17.6 Å². The Bertz CT molecular complexity index is 652. The van der Waals surface area contributed by atoms with E-state index in [1.54, 1.807) is 11.4 Å². The summed E-state index contributed by atoms with van der Waals surface area (Å²) < 4.78 is 48.0. The van der Waals surface area contributed by atoms with Crippen molar-refractivity contribution in [2.24, 2.45) is 0 Å². The average molecular weight is 329 g/mol. The van der Waals surface area contributed by atoms with Crippen molar-refractivity contribution in [3.8, 4) is 11.5 Å². The Balaban J connectivity index is 1.93. The van der Waals surface area contributed by atoms with Crippen molar-refractivity contribution < 1.29 is 32.2 Å². The molecule has 2 aliphatic rings. The van der Waals surface area contributed by atoms with E-state index in [-0.39, 0.29) is 5.56 Å². The van der Waals surface area contributed by atoms with Crippen LogP contribution in [0.3, 0.4) is 0 Å². The first kappa shape index (κ1) is 15.6. The second kappa shape index (κ2) is 5.43. The van der Waals surface area contributed by atoms with Crippen LogP contribution in [0.4, 0.5) is 13.2 Å². The number of Topliss-reactive ketones (excluding diaryl/α,β-unsaturated/α-hetero) is 1. The fourth-order valence-corrected chi connectivity index (χ4v) is 2.81. The van der Waals surface area contributed by atoms with Gasteiger partial charge in [0.05, 0.1) is 24.8 Å². The van der Waals surface area contributed by atoms with Crippen molar-refractivity contribution in [3.05, 3.63) is 22.8 Å². The molecule has 0 saturated carbocycles. The summed E-state index contributed by atoms with van der Waals surface area (Å²) in [5.74, 6) is -1.79. The molecule has 0 unspecified atom stereocenters. The fraction of sp³-hybridized carbons (Fsp3) is 0.467. The monoisotopic (exact) mass is 329 g/mol. The lowest BCUT2D eigenvalue weighted by molar-refractivity contribution is -0.173. The molecular formula is C15H14F3NO4. The Labute approximate surface area is 129 Å². The molecule has 1 amide bonds. The van der Waals surface area contributed by atoms with Crippen molar-refractivity contribution in [1.82, 2.24) is 5.32 Å². The molecule has 1 atom stereocenters. The lowest BCUT2D eigenvalue weighted by Gasteiger charge is -2.17. The quantitative estimate of drug-likeness (QED) is 0.859. The summed E-state index contributed by atoms with van der Waals surface area (Å²) in [6.07, 6.45) is -3.95. The standard InChI is InChI=1S/C15H14F3NO4/c1-7(19-14(21)15(16,17)18)12(20)11-9-3-5-22-10(9)6-8-2-4-23-13(8)11/h6-7H,2-5H2,1H3,(H,19,21)/t7-/m0/s1. The van der Waals surface area contributed by atoms with Crippen LogP contribution in [0.5, 0.6) is 11.5 Å². The summed E-state index contributed by atoms with van der Waals surface area (Å²) in [7, 11) is 0. The molecule has 0 saturated heterocycles. The van der Waals surface area contributed by atoms with Crippen LogP contribution in [0.15, 0.2) is 6.07 Å². The van der Waals surface area contributed by atoms with Gasteiger partial charge in [0, 0.05) is 24.0 Å². The number of ether oxygens (including phenoxy) is 2. The molecule has 0 aliphatic carbocycles. The Kier molecular flexibility index (Phi) is 3.69. The fourth-order valence-electron chi connectivity index (χ4n) is 2.81. The number of nitrogens with one attached hydrogen (secondary N) is 1. The molecule has 0 bridgehead atoms. The molecule has 23 heavy (non-hydrogen) atoms. The van der Waals surface area contributed by atoms with Crippen LogP contribution in [0.1, 0.15) is 28.4 Å². The normalized spacial score (nSPS) is 16.9. The topological polar surface area (TPSA) is 64.6 Å². The molecule has 0 radical (unpaired) electrons. The molecule has 0 spiro atoms. The zero-order chi connectivity index (χ0) is 16.8. The van der Waals surface area contributed by atoms with Crippen molar-refractivity contribution in [2.45, 2.75) is 32.0 Å². The van der Waals surface area contributed by atoms with E-state index >= 15 is 0 Å². The molecule has 0 aromatic heterocycles. The van der Waals surface area contributed by atoms with Gasteiger partial charge in [0.15, 0.2) is 5.78 Å². The lowest BCUT2D eigenvalue weighted by Crippen LogP contribution is -2.45. The van der Waals surface area contributed by atoms with Gasteiger partial charge in [-0.15, -0.1) is 0 Å². The van der Waals surface area contributed by atoms with E-state index in [1.807, 2.05) is 0 Å². The first-order chi connectivity index (χ1) is 10.8. The third-order valence-electron chi connectivity index (χ3n) is 3.90. The number of ketones is 1. The summed E-state index contributed by atoms with van der Waals surface area (Å²) in [5.41, 5.74) is 1.65. The number of carbonyl (C=O) groups excluding carboxylic acids is 2. The first-order valence-corrected chi connectivity index (χ1v) is 7.15. The van der Waals surface area contributed by atoms with Gasteiger partial charge in [-0.2, -0.15) is 13.2 Å². The molecule has 0 fully saturated rings. The van der Waals surface area contributed by atoms with Gasteiger partial charge in [-0.3, -0.25) is 9.59 Å². The minimum absolute atomic E-state index is 0.225. The van der Waals surface area contributed by atoms with Crippen molar-refractivity contribution >= 4 is 11.7 Å². The van der Waals surface area contributed by atoms with Crippen LogP contribution in [0.25, 0.3) is 0 Å². The van der Waals surface area contributed by atoms with Gasteiger partial charge in [0.2, 0.25) is 0 Å². The van der Waals surface area contributed by atoms with Gasteiger partial charge in [-0.1, -0.05) is 0 Å². The Hall–Kier alpha value is -2.25. The largest absolute Gasteiger partial charge is 0.493 e. The lowest BCUT2D eigenvalue weighted by atomic mass is 9.94. The van der Waals surface area contributed by atoms with Crippen LogP contribution in [0, 0.1) is 0 Å². The summed E-state index contributed by atoms with van der Waals surface area (Å²) in [6, 6.07) is 0.491. The predicted octanol–water partition coefficient (Wildman–Crippen LogP) is 1.81. The van der Waals surface area contributed by atoms with Gasteiger partial charge in [-0.25, -0.2) is 0 Å². The van der Waals surface area contributed by atoms with Gasteiger partial charge in [0.1, 0.15) is 11.5 Å². The molecule has 3 rings (SSSR count). The van der Waals surface area contributed by atoms with Gasteiger partial charge in [-0.05, 0) is 13.0 Å². The zero-order valence-electron chi connectivity index (χ0n) is 12.3. The summed E-state index contributed by atoms with van der Waals surface area (Å²) in [5, 5.41) is 1.69. The summed E-state index contributed by atoms with van der Waals surface area (Å²) in [6.45, 7) is 2.03. The van der Waals surface area contributed by atoms with E-state index < -0.39 is 23.9 Å². The predicted molar refractivity (Wildman–Crippen MR) is 72.8 cm³/mol. The number of carbonyl (C=O) groups is 2. The maximum atomic E-state index is 12.6. The van der Waals surface area contributed by atoms with Crippen molar-refractivity contribution in [1.29, 1.82) is 0 Å². The average Bonchev–Trinajstić information content (AvgIpc) is 3.10. The van der Waals surface area contributed by atoms with Gasteiger partial charge in [0.25, 0.3) is 0 Å². The Morgan fingerprint density at radius 2 is 1.91 bits per heavy atom. The molecule has 2 aliphatic heterocycles. The molecule has 1 aromatic rings. The van der Waals surface area contributed by atoms with E-state index in [2.05, 4.69) is 0 Å². The molecule has 1 N–H and O–H groups in total. The smallest absolute Gasteiger partial charge is 0.471 e. The second-order valence-electron chi connectivity index (χ2n) is 5.47. The highest BCUT2D eigenvalue weighted by atomic mass is 19.4. The number of alkyl halides is 3. The summed E-state index contributed by atoms with van der Waals surface area (Å²) >= 11 is 0. The second-order valence-corrected chi connectivity index (χ2v) is 5.47. The van der Waals surface area contributed by atoms with Crippen LogP contribution < -0.4 is 14.8 Å². The minimum atomic E-state index is -5.03. The van der Waals surface area contributed by atoms with E-state index in [0.717, 1.165) is 5.56 Å². The van der Waals surface area contributed by atoms with E-state index in [1.165, 1.54) is 6.92 Å². The number of benzene rings is 1. The highest BCUT2D eigenvalue weighted by Crippen LogP contribution is 2.41. The maximum Gasteiger partial charge on any atom is 0.471 e. The number of rotatable bonds is 3. The van der Waals surface area contributed by atoms with E-state index in [9.17, 15) is 22.8 Å². The Morgan fingerprint density at radius 1 is 1.22 bits per heavy atom. The third kappa shape index (κ3) is 2.73. The summed E-state index contributed by atoms with van der Waals surface area (Å²) in [4.78, 5) is 23.6. The number of hydrogen-bond acceptors (Lipinski definition) is 4. The van der Waals surface area contributed by atoms with Crippen LogP contribution >= 0.6 is 0 Å². The molecule has 124 valence electrons.